The lowest BCUT2D eigenvalue weighted by Gasteiger charge is -2.08. The topological polar surface area (TPSA) is 84.2 Å². The Balaban J connectivity index is 0.00000289. The van der Waals surface area contributed by atoms with Crippen LogP contribution < -0.4 is 16.4 Å². The number of amides is 2. The second kappa shape index (κ2) is 7.68. The van der Waals surface area contributed by atoms with E-state index in [4.69, 9.17) is 5.73 Å². The van der Waals surface area contributed by atoms with Crippen molar-refractivity contribution in [1.82, 2.24) is 5.32 Å². The maximum Gasteiger partial charge on any atom is 0.251 e. The van der Waals surface area contributed by atoms with Crippen LogP contribution in [0.4, 0.5) is 5.69 Å². The first-order chi connectivity index (χ1) is 8.04. The predicted molar refractivity (Wildman–Crippen MR) is 74.0 cm³/mol. The number of carbonyl (C=O) groups excluding carboxylic acids is 2. The summed E-state index contributed by atoms with van der Waals surface area (Å²) in [6.45, 7) is 4.05. The number of nitrogens with two attached hydrogens (primary N) is 1. The predicted octanol–water partition coefficient (Wildman–Crippen LogP) is 1.14. The molecule has 0 aromatic heterocycles. The van der Waals surface area contributed by atoms with E-state index in [1.807, 2.05) is 6.92 Å². The van der Waals surface area contributed by atoms with Gasteiger partial charge in [0, 0.05) is 17.8 Å². The van der Waals surface area contributed by atoms with E-state index in [2.05, 4.69) is 10.6 Å². The van der Waals surface area contributed by atoms with E-state index in [-0.39, 0.29) is 24.2 Å². The summed E-state index contributed by atoms with van der Waals surface area (Å²) in [4.78, 5) is 22.8. The number of nitrogens with one attached hydrogen (secondary N) is 2. The molecule has 0 radical (unpaired) electrons. The second-order valence-electron chi connectivity index (χ2n) is 3.71. The average molecular weight is 272 g/mol. The molecule has 0 bridgehead atoms. The molecule has 1 aromatic rings. The van der Waals surface area contributed by atoms with Crippen molar-refractivity contribution in [3.8, 4) is 0 Å². The zero-order valence-electron chi connectivity index (χ0n) is 10.4. The summed E-state index contributed by atoms with van der Waals surface area (Å²) in [7, 11) is 0. The van der Waals surface area contributed by atoms with Gasteiger partial charge in [-0.1, -0.05) is 0 Å². The highest BCUT2D eigenvalue weighted by Crippen LogP contribution is 2.09. The van der Waals surface area contributed by atoms with Gasteiger partial charge >= 0.3 is 0 Å². The Morgan fingerprint density at radius 1 is 1.28 bits per heavy atom. The fourth-order valence-corrected chi connectivity index (χ4v) is 1.22. The summed E-state index contributed by atoms with van der Waals surface area (Å²) in [5, 5.41) is 5.34. The molecule has 1 atom stereocenters. The first-order valence-electron chi connectivity index (χ1n) is 5.49. The van der Waals surface area contributed by atoms with Crippen LogP contribution in [0.25, 0.3) is 0 Å². The highest BCUT2D eigenvalue weighted by atomic mass is 35.5. The maximum absolute atomic E-state index is 11.5. The third-order valence-corrected chi connectivity index (χ3v) is 2.17. The molecule has 1 aromatic carbocycles. The highest BCUT2D eigenvalue weighted by Gasteiger charge is 2.08. The van der Waals surface area contributed by atoms with Crippen LogP contribution in [0.15, 0.2) is 24.3 Å². The lowest BCUT2D eigenvalue weighted by molar-refractivity contribution is -0.117. The van der Waals surface area contributed by atoms with E-state index in [0.717, 1.165) is 0 Å². The molecule has 1 rings (SSSR count). The van der Waals surface area contributed by atoms with E-state index >= 15 is 0 Å². The first kappa shape index (κ1) is 16.4. The van der Waals surface area contributed by atoms with Gasteiger partial charge in [-0.25, -0.2) is 0 Å². The van der Waals surface area contributed by atoms with Crippen molar-refractivity contribution in [3.63, 3.8) is 0 Å². The Morgan fingerprint density at radius 3 is 2.28 bits per heavy atom. The van der Waals surface area contributed by atoms with Crippen LogP contribution in [-0.2, 0) is 4.79 Å². The Kier molecular flexibility index (Phi) is 7.00. The van der Waals surface area contributed by atoms with E-state index in [1.165, 1.54) is 0 Å². The van der Waals surface area contributed by atoms with Crippen molar-refractivity contribution < 1.29 is 9.59 Å². The van der Waals surface area contributed by atoms with Crippen LogP contribution in [0.1, 0.15) is 24.2 Å². The van der Waals surface area contributed by atoms with Gasteiger partial charge in [0.25, 0.3) is 5.91 Å². The normalized spacial score (nSPS) is 11.1. The summed E-state index contributed by atoms with van der Waals surface area (Å²) in [6.07, 6.45) is 0. The molecule has 4 N–H and O–H groups in total. The SMILES string of the molecule is CCNC(=O)c1ccc(NC(=O)[C@@H](C)N)cc1.Cl. The molecule has 0 saturated heterocycles. The minimum Gasteiger partial charge on any atom is -0.352 e. The lowest BCUT2D eigenvalue weighted by Crippen LogP contribution is -2.32. The number of halogens is 1. The van der Waals surface area contributed by atoms with E-state index in [1.54, 1.807) is 31.2 Å². The Morgan fingerprint density at radius 2 is 1.83 bits per heavy atom. The molecule has 0 spiro atoms. The molecule has 0 fully saturated rings. The van der Waals surface area contributed by atoms with E-state index in [9.17, 15) is 9.59 Å². The fraction of sp³-hybridized carbons (Fsp3) is 0.333. The van der Waals surface area contributed by atoms with Gasteiger partial charge in [-0.2, -0.15) is 0 Å². The number of hydrogen-bond acceptors (Lipinski definition) is 3. The molecular weight excluding hydrogens is 254 g/mol. The molecule has 0 unspecified atom stereocenters. The van der Waals surface area contributed by atoms with Crippen molar-refractivity contribution >= 4 is 29.9 Å². The van der Waals surface area contributed by atoms with Gasteiger partial charge in [0.15, 0.2) is 0 Å². The summed E-state index contributed by atoms with van der Waals surface area (Å²) in [6, 6.07) is 6.09. The zero-order valence-corrected chi connectivity index (χ0v) is 11.2. The van der Waals surface area contributed by atoms with Crippen LogP contribution in [0.2, 0.25) is 0 Å². The smallest absolute Gasteiger partial charge is 0.251 e. The summed E-state index contributed by atoms with van der Waals surface area (Å²) >= 11 is 0. The van der Waals surface area contributed by atoms with Crippen molar-refractivity contribution in [2.45, 2.75) is 19.9 Å². The molecule has 6 heteroatoms. The van der Waals surface area contributed by atoms with Gasteiger partial charge in [-0.15, -0.1) is 12.4 Å². The molecule has 0 aliphatic rings. The third kappa shape index (κ3) is 4.73. The molecule has 2 amide bonds. The van der Waals surface area contributed by atoms with Gasteiger partial charge in [0.05, 0.1) is 6.04 Å². The number of benzene rings is 1. The molecule has 100 valence electrons. The number of carbonyl (C=O) groups is 2. The van der Waals surface area contributed by atoms with Crippen LogP contribution in [-0.4, -0.2) is 24.4 Å². The number of hydrogen-bond donors (Lipinski definition) is 3. The van der Waals surface area contributed by atoms with Crippen LogP contribution in [0, 0.1) is 0 Å². The summed E-state index contributed by atoms with van der Waals surface area (Å²) in [5.74, 6) is -0.381. The van der Waals surface area contributed by atoms with Crippen LogP contribution in [0.3, 0.4) is 0 Å². The Hall–Kier alpha value is -1.59. The summed E-state index contributed by atoms with van der Waals surface area (Å²) in [5.41, 5.74) is 6.61. The molecular formula is C12H18ClN3O2. The van der Waals surface area contributed by atoms with Gasteiger partial charge in [0.2, 0.25) is 5.91 Å². The lowest BCUT2D eigenvalue weighted by atomic mass is 10.2. The highest BCUT2D eigenvalue weighted by molar-refractivity contribution is 5.96. The third-order valence-electron chi connectivity index (χ3n) is 2.17. The molecule has 0 heterocycles. The monoisotopic (exact) mass is 271 g/mol. The van der Waals surface area contributed by atoms with Gasteiger partial charge in [-0.3, -0.25) is 9.59 Å². The minimum absolute atomic E-state index is 0. The first-order valence-corrected chi connectivity index (χ1v) is 5.49. The number of anilines is 1. The fourth-order valence-electron chi connectivity index (χ4n) is 1.22. The van der Waals surface area contributed by atoms with Gasteiger partial charge < -0.3 is 16.4 Å². The summed E-state index contributed by atoms with van der Waals surface area (Å²) < 4.78 is 0. The molecule has 0 aliphatic carbocycles. The molecule has 18 heavy (non-hydrogen) atoms. The average Bonchev–Trinajstić information content (AvgIpc) is 2.30. The quantitative estimate of drug-likeness (QED) is 0.768. The van der Waals surface area contributed by atoms with E-state index < -0.39 is 6.04 Å². The van der Waals surface area contributed by atoms with Crippen LogP contribution in [0.5, 0.6) is 0 Å². The zero-order chi connectivity index (χ0) is 12.8. The van der Waals surface area contributed by atoms with Crippen molar-refractivity contribution in [2.75, 3.05) is 11.9 Å². The molecule has 5 nitrogen and oxygen atoms in total. The standard InChI is InChI=1S/C12H17N3O2.ClH/c1-3-14-12(17)9-4-6-10(7-5-9)15-11(16)8(2)13;/h4-8H,3,13H2,1-2H3,(H,14,17)(H,15,16);1H/t8-;/m1./s1. The minimum atomic E-state index is -0.557. The Labute approximate surface area is 113 Å². The number of rotatable bonds is 4. The maximum atomic E-state index is 11.5. The van der Waals surface area contributed by atoms with Gasteiger partial charge in [-0.05, 0) is 38.1 Å². The van der Waals surface area contributed by atoms with Crippen molar-refractivity contribution in [1.29, 1.82) is 0 Å². The van der Waals surface area contributed by atoms with Crippen LogP contribution >= 0.6 is 12.4 Å². The van der Waals surface area contributed by atoms with Gasteiger partial charge in [0.1, 0.15) is 0 Å². The largest absolute Gasteiger partial charge is 0.352 e. The Bertz CT molecular complexity index is 404. The molecule has 0 saturated carbocycles. The molecule has 0 aliphatic heterocycles. The van der Waals surface area contributed by atoms with E-state index in [0.29, 0.717) is 17.8 Å². The van der Waals surface area contributed by atoms with Crippen molar-refractivity contribution in [3.05, 3.63) is 29.8 Å². The van der Waals surface area contributed by atoms with Crippen molar-refractivity contribution in [2.24, 2.45) is 5.73 Å². The second-order valence-corrected chi connectivity index (χ2v) is 3.71.